The van der Waals surface area contributed by atoms with Crippen LogP contribution in [0.1, 0.15) is 31.0 Å². The minimum absolute atomic E-state index is 0.00658. The van der Waals surface area contributed by atoms with Gasteiger partial charge in [-0.2, -0.15) is 0 Å². The number of likely N-dealkylation sites (N-methyl/N-ethyl adjacent to an activating group) is 1. The molecule has 0 radical (unpaired) electrons. The summed E-state index contributed by atoms with van der Waals surface area (Å²) in [6.45, 7) is 4.71. The fraction of sp³-hybridized carbons (Fsp3) is 0.333. The van der Waals surface area contributed by atoms with Crippen molar-refractivity contribution in [2.75, 3.05) is 27.2 Å². The number of ether oxygens (including phenoxy) is 1. The van der Waals surface area contributed by atoms with Crippen LogP contribution in [0, 0.1) is 5.82 Å². The highest BCUT2D eigenvalue weighted by atomic mass is 19.1. The molecular weight excluding hydrogens is 399 g/mol. The number of Topliss-reactive ketones (excluding diaryl/α,β-unsaturated/α-hetero) is 1. The van der Waals surface area contributed by atoms with Gasteiger partial charge in [-0.05, 0) is 69.9 Å². The number of nitrogens with zero attached hydrogens (tertiary/aromatic N) is 2. The zero-order valence-electron chi connectivity index (χ0n) is 18.1. The van der Waals surface area contributed by atoms with Gasteiger partial charge in [-0.25, -0.2) is 4.39 Å². The van der Waals surface area contributed by atoms with Gasteiger partial charge in [0.15, 0.2) is 0 Å². The maximum Gasteiger partial charge on any atom is 0.295 e. The van der Waals surface area contributed by atoms with Crippen LogP contribution in [-0.4, -0.2) is 59.9 Å². The fourth-order valence-electron chi connectivity index (χ4n) is 3.53. The van der Waals surface area contributed by atoms with Crippen LogP contribution in [0.5, 0.6) is 5.75 Å². The molecule has 1 heterocycles. The number of halogens is 1. The minimum atomic E-state index is -0.756. The number of carbonyl (C=O) groups excluding carboxylic acids is 2. The normalized spacial score (nSPS) is 18.3. The summed E-state index contributed by atoms with van der Waals surface area (Å²) in [6, 6.07) is 11.5. The molecule has 7 heteroatoms. The van der Waals surface area contributed by atoms with Crippen LogP contribution in [0.4, 0.5) is 4.39 Å². The maximum absolute atomic E-state index is 13.3. The highest BCUT2D eigenvalue weighted by Crippen LogP contribution is 2.39. The summed E-state index contributed by atoms with van der Waals surface area (Å²) in [5.74, 6) is -1.54. The van der Waals surface area contributed by atoms with Gasteiger partial charge in [-0.15, -0.1) is 0 Å². The molecule has 0 spiro atoms. The quantitative estimate of drug-likeness (QED) is 0.416. The van der Waals surface area contributed by atoms with E-state index in [-0.39, 0.29) is 23.0 Å². The van der Waals surface area contributed by atoms with Crippen molar-refractivity contribution in [1.82, 2.24) is 9.80 Å². The smallest absolute Gasteiger partial charge is 0.295 e. The SMILES string of the molecule is CC(C)Oc1ccc(C2C(=C(O)c3ccc(F)cc3)C(=O)C(=O)N2CCN(C)C)cc1. The van der Waals surface area contributed by atoms with E-state index in [1.807, 2.05) is 32.8 Å². The molecule has 164 valence electrons. The number of hydrogen-bond donors (Lipinski definition) is 1. The first-order valence-electron chi connectivity index (χ1n) is 10.1. The van der Waals surface area contributed by atoms with Crippen LogP contribution in [0.25, 0.3) is 5.76 Å². The van der Waals surface area contributed by atoms with E-state index in [1.165, 1.54) is 29.2 Å². The number of aliphatic hydroxyl groups excluding tert-OH is 1. The van der Waals surface area contributed by atoms with Crippen LogP contribution in [0.2, 0.25) is 0 Å². The number of ketones is 1. The largest absolute Gasteiger partial charge is 0.507 e. The number of rotatable bonds is 7. The number of carbonyl (C=O) groups is 2. The summed E-state index contributed by atoms with van der Waals surface area (Å²) in [4.78, 5) is 29.1. The summed E-state index contributed by atoms with van der Waals surface area (Å²) >= 11 is 0. The Bertz CT molecular complexity index is 982. The Morgan fingerprint density at radius 2 is 1.71 bits per heavy atom. The van der Waals surface area contributed by atoms with Gasteiger partial charge in [0, 0.05) is 18.7 Å². The summed E-state index contributed by atoms with van der Waals surface area (Å²) in [6.07, 6.45) is 0.00931. The second-order valence-corrected chi connectivity index (χ2v) is 8.04. The summed E-state index contributed by atoms with van der Waals surface area (Å²) < 4.78 is 19.0. The molecule has 1 N–H and O–H groups in total. The molecule has 1 unspecified atom stereocenters. The molecule has 31 heavy (non-hydrogen) atoms. The summed E-state index contributed by atoms with van der Waals surface area (Å²) in [5, 5.41) is 10.9. The standard InChI is InChI=1S/C24H27FN2O4/c1-15(2)31-19-11-7-16(8-12-19)21-20(22(28)17-5-9-18(25)10-6-17)23(29)24(30)27(21)14-13-26(3)4/h5-12,15,21,28H,13-14H2,1-4H3. The summed E-state index contributed by atoms with van der Waals surface area (Å²) in [5.41, 5.74) is 0.947. The van der Waals surface area contributed by atoms with E-state index >= 15 is 0 Å². The van der Waals surface area contributed by atoms with Gasteiger partial charge in [-0.3, -0.25) is 9.59 Å². The van der Waals surface area contributed by atoms with Crippen molar-refractivity contribution < 1.29 is 23.8 Å². The van der Waals surface area contributed by atoms with E-state index in [0.717, 1.165) is 0 Å². The zero-order valence-corrected chi connectivity index (χ0v) is 18.1. The average Bonchev–Trinajstić information content (AvgIpc) is 2.97. The lowest BCUT2D eigenvalue weighted by molar-refractivity contribution is -0.140. The van der Waals surface area contributed by atoms with Gasteiger partial charge < -0.3 is 19.6 Å². The highest BCUT2D eigenvalue weighted by Gasteiger charge is 2.45. The number of hydrogen-bond acceptors (Lipinski definition) is 5. The van der Waals surface area contributed by atoms with E-state index in [0.29, 0.717) is 24.4 Å². The highest BCUT2D eigenvalue weighted by molar-refractivity contribution is 6.46. The zero-order chi connectivity index (χ0) is 22.7. The number of benzene rings is 2. The Hall–Kier alpha value is -3.19. The predicted octanol–water partition coefficient (Wildman–Crippen LogP) is 3.60. The molecule has 0 aromatic heterocycles. The summed E-state index contributed by atoms with van der Waals surface area (Å²) in [7, 11) is 3.75. The second kappa shape index (κ2) is 9.31. The molecule has 2 aromatic rings. The molecule has 0 saturated carbocycles. The van der Waals surface area contributed by atoms with Crippen molar-refractivity contribution in [1.29, 1.82) is 0 Å². The predicted molar refractivity (Wildman–Crippen MR) is 116 cm³/mol. The van der Waals surface area contributed by atoms with Gasteiger partial charge in [0.1, 0.15) is 17.3 Å². The molecule has 1 fully saturated rings. The maximum atomic E-state index is 13.3. The number of aliphatic hydroxyl groups is 1. The van der Waals surface area contributed by atoms with Gasteiger partial charge in [0.2, 0.25) is 0 Å². The van der Waals surface area contributed by atoms with E-state index < -0.39 is 23.5 Å². The van der Waals surface area contributed by atoms with Crippen LogP contribution in [0.15, 0.2) is 54.1 Å². The van der Waals surface area contributed by atoms with E-state index in [9.17, 15) is 19.1 Å². The van der Waals surface area contributed by atoms with E-state index in [4.69, 9.17) is 4.74 Å². The van der Waals surface area contributed by atoms with Crippen LogP contribution in [-0.2, 0) is 9.59 Å². The lowest BCUT2D eigenvalue weighted by Crippen LogP contribution is -2.35. The van der Waals surface area contributed by atoms with Crippen molar-refractivity contribution in [2.24, 2.45) is 0 Å². The van der Waals surface area contributed by atoms with Crippen LogP contribution >= 0.6 is 0 Å². The van der Waals surface area contributed by atoms with Crippen molar-refractivity contribution in [3.8, 4) is 5.75 Å². The third-order valence-electron chi connectivity index (χ3n) is 5.01. The topological polar surface area (TPSA) is 70.1 Å². The van der Waals surface area contributed by atoms with Gasteiger partial charge >= 0.3 is 0 Å². The molecule has 1 aliphatic rings. The second-order valence-electron chi connectivity index (χ2n) is 8.04. The first-order valence-corrected chi connectivity index (χ1v) is 10.1. The molecule has 1 saturated heterocycles. The van der Waals surface area contributed by atoms with Crippen molar-refractivity contribution in [3.63, 3.8) is 0 Å². The van der Waals surface area contributed by atoms with Gasteiger partial charge in [0.05, 0.1) is 17.7 Å². The Morgan fingerprint density at radius 1 is 1.10 bits per heavy atom. The van der Waals surface area contributed by atoms with E-state index in [1.54, 1.807) is 24.3 Å². The first-order chi connectivity index (χ1) is 14.7. The first kappa shape index (κ1) is 22.5. The van der Waals surface area contributed by atoms with Crippen LogP contribution < -0.4 is 4.74 Å². The van der Waals surface area contributed by atoms with E-state index in [2.05, 4.69) is 0 Å². The molecule has 2 aromatic carbocycles. The lowest BCUT2D eigenvalue weighted by atomic mass is 9.95. The van der Waals surface area contributed by atoms with Crippen LogP contribution in [0.3, 0.4) is 0 Å². The molecular formula is C24H27FN2O4. The van der Waals surface area contributed by atoms with Gasteiger partial charge in [-0.1, -0.05) is 12.1 Å². The van der Waals surface area contributed by atoms with Gasteiger partial charge in [0.25, 0.3) is 11.7 Å². The fourth-order valence-corrected chi connectivity index (χ4v) is 3.53. The minimum Gasteiger partial charge on any atom is -0.507 e. The Morgan fingerprint density at radius 3 is 2.26 bits per heavy atom. The van der Waals surface area contributed by atoms with Crippen molar-refractivity contribution in [2.45, 2.75) is 26.0 Å². The Labute approximate surface area is 181 Å². The monoisotopic (exact) mass is 426 g/mol. The van der Waals surface area contributed by atoms with Crippen molar-refractivity contribution >= 4 is 17.4 Å². The lowest BCUT2D eigenvalue weighted by Gasteiger charge is -2.26. The van der Waals surface area contributed by atoms with Crippen molar-refractivity contribution in [3.05, 3.63) is 71.0 Å². The number of amides is 1. The molecule has 1 atom stereocenters. The third-order valence-corrected chi connectivity index (χ3v) is 5.01. The molecule has 0 bridgehead atoms. The molecule has 1 amide bonds. The molecule has 3 rings (SSSR count). The molecule has 6 nitrogen and oxygen atoms in total. The Balaban J connectivity index is 2.08. The number of likely N-dealkylation sites (tertiary alicyclic amines) is 1. The molecule has 0 aliphatic carbocycles. The molecule has 1 aliphatic heterocycles. The average molecular weight is 426 g/mol. The third kappa shape index (κ3) is 4.94. The Kier molecular flexibility index (Phi) is 6.75.